The number of amides is 4. The third-order valence-electron chi connectivity index (χ3n) is 8.96. The van der Waals surface area contributed by atoms with Crippen LogP contribution in [0.4, 0.5) is 0 Å². The molecule has 323 valence electrons. The number of hydrogen-bond acceptors (Lipinski definition) is 11. The Bertz CT molecular complexity index is 1490. The van der Waals surface area contributed by atoms with Crippen LogP contribution in [0.3, 0.4) is 0 Å². The molecule has 0 bridgehead atoms. The number of carbonyl (C=O) groups is 8. The van der Waals surface area contributed by atoms with Crippen LogP contribution in [-0.2, 0) is 38.4 Å². The van der Waals surface area contributed by atoms with Gasteiger partial charge in [-0.2, -0.15) is 0 Å². The summed E-state index contributed by atoms with van der Waals surface area (Å²) in [7, 11) is 0. The molecule has 19 nitrogen and oxygen atoms in total. The maximum Gasteiger partial charge on any atom is 0.335 e. The fourth-order valence-corrected chi connectivity index (χ4v) is 5.59. The molecule has 0 aliphatic heterocycles. The van der Waals surface area contributed by atoms with E-state index < -0.39 is 90.9 Å². The summed E-state index contributed by atoms with van der Waals surface area (Å²) in [6, 6.07) is 1.16. The average molecular weight is 821 g/mol. The highest BCUT2D eigenvalue weighted by atomic mass is 16.5. The van der Waals surface area contributed by atoms with E-state index in [1.165, 1.54) is 12.1 Å². The van der Waals surface area contributed by atoms with Gasteiger partial charge < -0.3 is 52.2 Å². The number of unbranched alkanes of at least 4 members (excludes halogenated alkanes) is 8. The van der Waals surface area contributed by atoms with Crippen LogP contribution < -0.4 is 31.7 Å². The summed E-state index contributed by atoms with van der Waals surface area (Å²) >= 11 is 0. The van der Waals surface area contributed by atoms with Gasteiger partial charge in [0.2, 0.25) is 29.9 Å². The molecule has 1 rings (SSSR count). The van der Waals surface area contributed by atoms with Gasteiger partial charge in [-0.25, -0.2) is 19.2 Å². The summed E-state index contributed by atoms with van der Waals surface area (Å²) in [4.78, 5) is 106. The Hall–Kier alpha value is -5.59. The van der Waals surface area contributed by atoms with Crippen molar-refractivity contribution in [2.75, 3.05) is 13.2 Å². The standard InChI is InChI=1S/C39H58N5O14/c40-27(25-45)11-8-9-23-41-32(46)20-17-29(37(52)53)43-34(48)22-19-31(39(56)57)44-35(49)21-18-30(38(54)55)42-33(47)12-7-5-3-1-2-4-6-10-24-58-28-15-13-26(14-16-28)36(50)51/h13-16,27,29-31H,1-12,17-24,40H2,(H,41,46)(H,42,47)(H,43,48)(H,44,49)(H,50,51)(H,52,53)(H,54,55)(H,56,57)/t27-,29-,30-,31-/m0/s1. The fraction of sp³-hybridized carbons (Fsp3) is 0.615. The third kappa shape index (κ3) is 24.1. The molecule has 19 heteroatoms. The number of ether oxygens (including phenoxy) is 1. The Morgan fingerprint density at radius 3 is 1.43 bits per heavy atom. The summed E-state index contributed by atoms with van der Waals surface area (Å²) in [6.07, 6.45) is 8.21. The molecule has 0 unspecified atom stereocenters. The van der Waals surface area contributed by atoms with Crippen molar-refractivity contribution in [2.45, 2.75) is 140 Å². The summed E-state index contributed by atoms with van der Waals surface area (Å²) in [5.41, 5.74) is 5.64. The van der Waals surface area contributed by atoms with Gasteiger partial charge in [0.25, 0.3) is 0 Å². The Labute approximate surface area is 337 Å². The Morgan fingerprint density at radius 2 is 0.983 bits per heavy atom. The molecule has 1 aromatic carbocycles. The number of carboxylic acids is 4. The second kappa shape index (κ2) is 29.6. The van der Waals surface area contributed by atoms with E-state index in [0.29, 0.717) is 38.0 Å². The monoisotopic (exact) mass is 820 g/mol. The van der Waals surface area contributed by atoms with E-state index in [4.69, 9.17) is 15.6 Å². The zero-order chi connectivity index (χ0) is 43.3. The van der Waals surface area contributed by atoms with E-state index >= 15 is 0 Å². The second-order valence-electron chi connectivity index (χ2n) is 13.8. The van der Waals surface area contributed by atoms with Crippen molar-refractivity contribution in [1.29, 1.82) is 0 Å². The maximum absolute atomic E-state index is 12.5. The lowest BCUT2D eigenvalue weighted by Gasteiger charge is -2.18. The van der Waals surface area contributed by atoms with Crippen LogP contribution in [-0.4, -0.2) is 112 Å². The fourth-order valence-electron chi connectivity index (χ4n) is 5.59. The maximum atomic E-state index is 12.5. The minimum Gasteiger partial charge on any atom is -0.494 e. The van der Waals surface area contributed by atoms with Crippen molar-refractivity contribution in [1.82, 2.24) is 21.3 Å². The van der Waals surface area contributed by atoms with Gasteiger partial charge in [-0.3, -0.25) is 24.0 Å². The summed E-state index contributed by atoms with van der Waals surface area (Å²) in [5.74, 6) is -7.22. The van der Waals surface area contributed by atoms with E-state index in [0.717, 1.165) is 44.9 Å². The number of hydrogen-bond donors (Lipinski definition) is 9. The van der Waals surface area contributed by atoms with Gasteiger partial charge in [0.15, 0.2) is 0 Å². The van der Waals surface area contributed by atoms with Crippen LogP contribution in [0.2, 0.25) is 0 Å². The number of aliphatic carboxylic acids is 3. The van der Waals surface area contributed by atoms with E-state index in [-0.39, 0.29) is 37.8 Å². The molecule has 0 saturated heterocycles. The highest BCUT2D eigenvalue weighted by Gasteiger charge is 2.26. The van der Waals surface area contributed by atoms with Crippen LogP contribution in [0.1, 0.15) is 126 Å². The molecule has 1 aromatic rings. The van der Waals surface area contributed by atoms with Crippen LogP contribution in [0, 0.1) is 0 Å². The van der Waals surface area contributed by atoms with Crippen molar-refractivity contribution >= 4 is 53.8 Å². The largest absolute Gasteiger partial charge is 0.494 e. The average Bonchev–Trinajstić information content (AvgIpc) is 3.18. The summed E-state index contributed by atoms with van der Waals surface area (Å²) in [6.45, 7) is 0.810. The predicted molar refractivity (Wildman–Crippen MR) is 207 cm³/mol. The molecular formula is C39H58N5O14. The number of nitrogens with one attached hydrogen (secondary N) is 4. The van der Waals surface area contributed by atoms with Crippen molar-refractivity contribution < 1.29 is 68.3 Å². The van der Waals surface area contributed by atoms with E-state index in [9.17, 15) is 58.5 Å². The SMILES string of the molecule is N[C@H]([C]=O)CCCCNC(=O)CC[C@H](NC(=O)CC[C@H](NC(=O)CC[C@H](NC(=O)CCCCCCCCCCOc1ccc(C(=O)O)cc1)C(=O)O)C(=O)O)C(=O)O. The number of carboxylic acid groups (broad SMARTS) is 4. The van der Waals surface area contributed by atoms with Crippen LogP contribution in [0.25, 0.3) is 0 Å². The number of carbonyl (C=O) groups excluding carboxylic acids is 5. The minimum absolute atomic E-state index is 0.0964. The molecule has 4 atom stereocenters. The Balaban J connectivity index is 2.29. The molecule has 0 saturated carbocycles. The van der Waals surface area contributed by atoms with Crippen molar-refractivity contribution in [3.05, 3.63) is 29.8 Å². The Kier molecular flexibility index (Phi) is 25.8. The number of nitrogens with two attached hydrogens (primary N) is 1. The van der Waals surface area contributed by atoms with Gasteiger partial charge in [-0.15, -0.1) is 0 Å². The molecule has 0 aliphatic carbocycles. The lowest BCUT2D eigenvalue weighted by Crippen LogP contribution is -2.45. The molecule has 0 fully saturated rings. The molecule has 0 heterocycles. The van der Waals surface area contributed by atoms with Crippen LogP contribution in [0.5, 0.6) is 5.75 Å². The van der Waals surface area contributed by atoms with Gasteiger partial charge in [0.1, 0.15) is 23.9 Å². The molecule has 0 aliphatic rings. The highest BCUT2D eigenvalue weighted by Crippen LogP contribution is 2.14. The van der Waals surface area contributed by atoms with Gasteiger partial charge >= 0.3 is 23.9 Å². The lowest BCUT2D eigenvalue weighted by molar-refractivity contribution is -0.144. The first-order valence-corrected chi connectivity index (χ1v) is 19.6. The first kappa shape index (κ1) is 50.4. The first-order chi connectivity index (χ1) is 27.6. The number of aromatic carboxylic acids is 1. The zero-order valence-corrected chi connectivity index (χ0v) is 32.7. The van der Waals surface area contributed by atoms with E-state index in [1.807, 2.05) is 0 Å². The molecular weight excluding hydrogens is 762 g/mol. The number of benzene rings is 1. The highest BCUT2D eigenvalue weighted by molar-refractivity contribution is 5.88. The predicted octanol–water partition coefficient (Wildman–Crippen LogP) is 2.05. The zero-order valence-electron chi connectivity index (χ0n) is 32.7. The van der Waals surface area contributed by atoms with Gasteiger partial charge in [-0.1, -0.05) is 38.5 Å². The van der Waals surface area contributed by atoms with E-state index in [2.05, 4.69) is 21.3 Å². The van der Waals surface area contributed by atoms with E-state index in [1.54, 1.807) is 18.4 Å². The third-order valence-corrected chi connectivity index (χ3v) is 8.96. The van der Waals surface area contributed by atoms with Crippen molar-refractivity contribution in [3.8, 4) is 5.75 Å². The molecule has 1 radical (unpaired) electrons. The summed E-state index contributed by atoms with van der Waals surface area (Å²) in [5, 5.41) is 46.9. The minimum atomic E-state index is -1.55. The van der Waals surface area contributed by atoms with Gasteiger partial charge in [0, 0.05) is 32.2 Å². The second-order valence-corrected chi connectivity index (χ2v) is 13.8. The number of rotatable bonds is 34. The molecule has 0 spiro atoms. The smallest absolute Gasteiger partial charge is 0.335 e. The van der Waals surface area contributed by atoms with Crippen LogP contribution in [0.15, 0.2) is 24.3 Å². The molecule has 10 N–H and O–H groups in total. The molecule has 58 heavy (non-hydrogen) atoms. The van der Waals surface area contributed by atoms with Gasteiger partial charge in [0.05, 0.1) is 18.2 Å². The lowest BCUT2D eigenvalue weighted by atomic mass is 10.1. The normalized spacial score (nSPS) is 12.8. The Morgan fingerprint density at radius 1 is 0.552 bits per heavy atom. The quantitative estimate of drug-likeness (QED) is 0.0450. The molecule has 4 amide bonds. The topological polar surface area (TPSA) is 318 Å². The van der Waals surface area contributed by atoms with Gasteiger partial charge in [-0.05, 0) is 75.6 Å². The first-order valence-electron chi connectivity index (χ1n) is 19.6. The van der Waals surface area contributed by atoms with Crippen molar-refractivity contribution in [2.24, 2.45) is 5.73 Å². The summed E-state index contributed by atoms with van der Waals surface area (Å²) < 4.78 is 5.62. The van der Waals surface area contributed by atoms with Crippen LogP contribution >= 0.6 is 0 Å². The molecule has 0 aromatic heterocycles. The van der Waals surface area contributed by atoms with Crippen molar-refractivity contribution in [3.63, 3.8) is 0 Å².